The van der Waals surface area contributed by atoms with Crippen molar-refractivity contribution in [3.05, 3.63) is 28.3 Å². The number of fused-ring (bicyclic) bond motifs is 1. The molecule has 2 N–H and O–H groups in total. The quantitative estimate of drug-likeness (QED) is 0.199. The summed E-state index contributed by atoms with van der Waals surface area (Å²) in [6, 6.07) is 2.32. The van der Waals surface area contributed by atoms with Crippen molar-refractivity contribution in [3.8, 4) is 6.07 Å². The summed E-state index contributed by atoms with van der Waals surface area (Å²) in [5.74, 6) is 0.460. The number of hydrogen-bond donors (Lipinski definition) is 2. The zero-order chi connectivity index (χ0) is 52.1. The van der Waals surface area contributed by atoms with Crippen molar-refractivity contribution >= 4 is 40.9 Å². The van der Waals surface area contributed by atoms with Gasteiger partial charge in [0.1, 0.15) is 46.6 Å². The van der Waals surface area contributed by atoms with Crippen LogP contribution in [0.2, 0.25) is 0 Å². The van der Waals surface area contributed by atoms with Gasteiger partial charge in [0.2, 0.25) is 5.91 Å². The third-order valence-corrected chi connectivity index (χ3v) is 15.7. The van der Waals surface area contributed by atoms with Gasteiger partial charge >= 0.3 is 11.9 Å². The normalized spacial score (nSPS) is 26.0. The van der Waals surface area contributed by atoms with Crippen LogP contribution in [0.3, 0.4) is 0 Å². The van der Waals surface area contributed by atoms with E-state index in [1.165, 1.54) is 4.68 Å². The summed E-state index contributed by atoms with van der Waals surface area (Å²) >= 11 is 0. The molecule has 0 spiro atoms. The summed E-state index contributed by atoms with van der Waals surface area (Å²) in [4.78, 5) is 58.1. The molecule has 5 atom stereocenters. The molecule has 2 aliphatic carbocycles. The highest BCUT2D eigenvalue weighted by molar-refractivity contribution is 6.30. The molecule has 0 bridgehead atoms. The van der Waals surface area contributed by atoms with Gasteiger partial charge in [0.25, 0.3) is 0 Å². The summed E-state index contributed by atoms with van der Waals surface area (Å²) in [6.45, 7) is 45.2. The lowest BCUT2D eigenvalue weighted by Crippen LogP contribution is -2.49. The lowest BCUT2D eigenvalue weighted by Gasteiger charge is -2.50. The van der Waals surface area contributed by atoms with Crippen molar-refractivity contribution in [1.29, 1.82) is 5.26 Å². The second kappa shape index (κ2) is 20.5. The van der Waals surface area contributed by atoms with E-state index in [0.29, 0.717) is 36.1 Å². The van der Waals surface area contributed by atoms with E-state index >= 15 is 9.59 Å². The van der Waals surface area contributed by atoms with Crippen LogP contribution in [0.4, 0.5) is 11.6 Å². The molecule has 3 aliphatic rings. The number of nitriles is 1. The van der Waals surface area contributed by atoms with Crippen LogP contribution < -0.4 is 5.32 Å². The maximum atomic E-state index is 15.3. The number of aliphatic imine (C=N–C) groups is 1. The molecule has 2 fully saturated rings. The van der Waals surface area contributed by atoms with Crippen LogP contribution in [-0.2, 0) is 24.5 Å². The van der Waals surface area contributed by atoms with E-state index in [-0.39, 0.29) is 109 Å². The molecule has 2 aromatic heterocycles. The van der Waals surface area contributed by atoms with Crippen molar-refractivity contribution in [2.45, 2.75) is 220 Å². The van der Waals surface area contributed by atoms with Gasteiger partial charge in [-0.2, -0.15) is 9.94 Å². The number of carbonyl (C=O) groups is 3. The van der Waals surface area contributed by atoms with Gasteiger partial charge in [-0.3, -0.25) is 4.79 Å². The zero-order valence-corrected chi connectivity index (χ0v) is 46.7. The number of aromatic amines is 1. The van der Waals surface area contributed by atoms with Crippen LogP contribution in [0.25, 0.3) is 5.57 Å². The molecule has 5 unspecified atom stereocenters. The van der Waals surface area contributed by atoms with E-state index in [2.05, 4.69) is 120 Å². The number of nitrogens with one attached hydrogen (secondary N) is 2. The number of esters is 2. The first-order chi connectivity index (χ1) is 31.6. The van der Waals surface area contributed by atoms with Crippen LogP contribution in [0.15, 0.2) is 10.6 Å². The molecular formula is C57H91N7O5. The van der Waals surface area contributed by atoms with Crippen molar-refractivity contribution < 1.29 is 23.9 Å². The number of rotatable bonds is 12. The summed E-state index contributed by atoms with van der Waals surface area (Å²) < 4.78 is 15.1. The Kier molecular flexibility index (Phi) is 16.5. The molecular weight excluding hydrogens is 863 g/mol. The molecule has 384 valence electrons. The number of H-pyrrole nitrogens is 1. The Labute approximate surface area is 416 Å². The zero-order valence-electron chi connectivity index (χ0n) is 46.7. The lowest BCUT2D eigenvalue weighted by molar-refractivity contribution is -0.162. The molecule has 0 aromatic carbocycles. The summed E-state index contributed by atoms with van der Waals surface area (Å²) in [5, 5.41) is 19.2. The highest BCUT2D eigenvalue weighted by Gasteiger charge is 2.51. The monoisotopic (exact) mass is 954 g/mol. The third kappa shape index (κ3) is 12.1. The van der Waals surface area contributed by atoms with Gasteiger partial charge in [-0.1, -0.05) is 158 Å². The van der Waals surface area contributed by atoms with Gasteiger partial charge in [0.05, 0.1) is 0 Å². The van der Waals surface area contributed by atoms with E-state index in [4.69, 9.17) is 24.5 Å². The van der Waals surface area contributed by atoms with Gasteiger partial charge in [0.15, 0.2) is 17.5 Å². The molecule has 3 heterocycles. The van der Waals surface area contributed by atoms with Crippen molar-refractivity contribution in [1.82, 2.24) is 19.7 Å². The molecule has 2 aromatic rings. The maximum absolute atomic E-state index is 15.3. The Morgan fingerprint density at radius 2 is 1.25 bits per heavy atom. The van der Waals surface area contributed by atoms with E-state index in [1.54, 1.807) is 0 Å². The van der Waals surface area contributed by atoms with Crippen molar-refractivity contribution in [3.63, 3.8) is 0 Å². The number of carbonyl (C=O) groups excluding carboxylic acids is 3. The van der Waals surface area contributed by atoms with Crippen LogP contribution in [0.1, 0.15) is 230 Å². The third-order valence-electron chi connectivity index (χ3n) is 15.7. The fraction of sp³-hybridized carbons (Fsp3) is 0.772. The Hall–Kier alpha value is -4.27. The van der Waals surface area contributed by atoms with Gasteiger partial charge in [-0.05, 0) is 77.9 Å². The van der Waals surface area contributed by atoms with Gasteiger partial charge in [0, 0.05) is 40.6 Å². The standard InChI is InChI=1S/C57H91N7O5/c1-22-24-25-34(23-2)49(65)61-46-42(51(67)69-44-38(55(13,14)15)28-33(6)29-39(44)56(16,17)18)40(31(3)4)45(59-46)60-47-35(30-58)41(48-62-52(57(19,20)21)63-64(47)48)50(66)68-43-36(53(7,8)9)26-32(5)27-37(43)54(10,11)12/h31-34,36-39,43-44,59H,22-29H2,1-21H3,(H,61,65)/b60-47-. The topological polar surface area (TPSA) is 164 Å². The van der Waals surface area contributed by atoms with Gasteiger partial charge in [-0.15, -0.1) is 5.10 Å². The first-order valence-corrected chi connectivity index (χ1v) is 26.4. The molecule has 1 amide bonds. The minimum Gasteiger partial charge on any atom is -0.458 e. The fourth-order valence-electron chi connectivity index (χ4n) is 11.5. The number of hydrogen-bond acceptors (Lipinski definition) is 9. The molecule has 0 radical (unpaired) electrons. The molecule has 12 heteroatoms. The Morgan fingerprint density at radius 3 is 1.64 bits per heavy atom. The smallest absolute Gasteiger partial charge is 0.343 e. The predicted molar refractivity (Wildman–Crippen MR) is 278 cm³/mol. The van der Waals surface area contributed by atoms with Crippen LogP contribution in [-0.4, -0.2) is 55.6 Å². The number of aromatic nitrogens is 4. The molecule has 2 saturated carbocycles. The average Bonchev–Trinajstić information content (AvgIpc) is 3.88. The highest BCUT2D eigenvalue weighted by atomic mass is 16.5. The fourth-order valence-corrected chi connectivity index (χ4v) is 11.5. The number of allylic oxidation sites excluding steroid dienone is 1. The van der Waals surface area contributed by atoms with Crippen molar-refractivity contribution in [2.75, 3.05) is 5.32 Å². The Balaban J connectivity index is 1.76. The first-order valence-electron chi connectivity index (χ1n) is 26.4. The molecule has 5 rings (SSSR count). The first kappa shape index (κ1) is 55.7. The van der Waals surface area contributed by atoms with Crippen LogP contribution in [0.5, 0.6) is 0 Å². The van der Waals surface area contributed by atoms with Gasteiger partial charge in [-0.25, -0.2) is 19.6 Å². The summed E-state index contributed by atoms with van der Waals surface area (Å²) in [5.41, 5.74) is -0.418. The predicted octanol–water partition coefficient (Wildman–Crippen LogP) is 14.0. The molecule has 1 aliphatic heterocycles. The van der Waals surface area contributed by atoms with Gasteiger partial charge < -0.3 is 19.8 Å². The minimum absolute atomic E-state index is 0.0127. The van der Waals surface area contributed by atoms with E-state index in [0.717, 1.165) is 38.5 Å². The Morgan fingerprint density at radius 1 is 0.783 bits per heavy atom. The van der Waals surface area contributed by atoms with Crippen LogP contribution in [0, 0.1) is 74.4 Å². The van der Waals surface area contributed by atoms with E-state index in [1.807, 2.05) is 41.5 Å². The number of anilines is 1. The largest absolute Gasteiger partial charge is 0.458 e. The van der Waals surface area contributed by atoms with E-state index in [9.17, 15) is 10.1 Å². The molecule has 69 heavy (non-hydrogen) atoms. The molecule has 12 nitrogen and oxygen atoms in total. The number of ether oxygens (including phenoxy) is 2. The van der Waals surface area contributed by atoms with E-state index < -0.39 is 23.5 Å². The lowest BCUT2D eigenvalue weighted by atomic mass is 9.59. The number of amides is 1. The second-order valence-electron chi connectivity index (χ2n) is 27.0. The number of unbranched alkanes of at least 4 members (excludes halogenated alkanes) is 1. The highest BCUT2D eigenvalue weighted by Crippen LogP contribution is 2.52. The molecule has 0 saturated heterocycles. The SMILES string of the molecule is CCCCC(CC)C(=O)Nc1[nH]c(/N=C2/C(C#N)=C(C(=O)OC3C(C(C)(C)C)CC(C)CC3C(C)(C)C)c3nc(C(C)(C)C)nn32)c(C(C)C)c1C(=O)OC1C(C(C)(C)C)CC(C)CC1C(C)(C)C. The summed E-state index contributed by atoms with van der Waals surface area (Å²) in [7, 11) is 0. The second-order valence-corrected chi connectivity index (χ2v) is 27.0. The Bertz CT molecular complexity index is 2260. The number of nitrogens with zero attached hydrogens (tertiary/aromatic N) is 5. The summed E-state index contributed by atoms with van der Waals surface area (Å²) in [6.07, 6.45) is 6.06. The maximum Gasteiger partial charge on any atom is 0.343 e. The minimum atomic E-state index is -0.636. The van der Waals surface area contributed by atoms with Crippen molar-refractivity contribution in [2.24, 2.45) is 68.1 Å². The average molecular weight is 954 g/mol. The van der Waals surface area contributed by atoms with Crippen LogP contribution >= 0.6 is 0 Å².